The van der Waals surface area contributed by atoms with Crippen molar-refractivity contribution in [2.45, 2.75) is 19.4 Å². The quantitative estimate of drug-likeness (QED) is 0.441. The molecule has 0 saturated carbocycles. The summed E-state index contributed by atoms with van der Waals surface area (Å²) in [6.45, 7) is 2.18. The molecule has 9 heteroatoms. The number of amidine groups is 1. The van der Waals surface area contributed by atoms with E-state index in [2.05, 4.69) is 9.98 Å². The lowest BCUT2D eigenvalue weighted by Gasteiger charge is -2.29. The number of benzene rings is 2. The van der Waals surface area contributed by atoms with Gasteiger partial charge in [0.1, 0.15) is 11.6 Å². The van der Waals surface area contributed by atoms with E-state index in [1.54, 1.807) is 24.5 Å². The lowest BCUT2D eigenvalue weighted by atomic mass is 9.99. The van der Waals surface area contributed by atoms with E-state index in [0.29, 0.717) is 28.6 Å². The monoisotopic (exact) mass is 484 g/mol. The fourth-order valence-corrected chi connectivity index (χ4v) is 4.53. The van der Waals surface area contributed by atoms with Gasteiger partial charge in [-0.2, -0.15) is 0 Å². The third-order valence-electron chi connectivity index (χ3n) is 5.88. The number of aryl methyl sites for hydroxylation is 1. The van der Waals surface area contributed by atoms with Crippen molar-refractivity contribution in [1.82, 2.24) is 14.5 Å². The molecule has 0 bridgehead atoms. The Hall–Kier alpha value is -3.52. The van der Waals surface area contributed by atoms with Crippen LogP contribution in [0.15, 0.2) is 70.7 Å². The molecule has 0 amide bonds. The van der Waals surface area contributed by atoms with E-state index in [1.165, 1.54) is 0 Å². The van der Waals surface area contributed by atoms with E-state index < -0.39 is 23.5 Å². The summed E-state index contributed by atoms with van der Waals surface area (Å²) in [6, 6.07) is 7.41. The molecule has 5 rings (SSSR count). The van der Waals surface area contributed by atoms with Gasteiger partial charge in [0, 0.05) is 24.4 Å². The highest BCUT2D eigenvalue weighted by molar-refractivity contribution is 6.32. The SMILES string of the molecule is COc1cc(CC2=CC(Cl)=CN3C2=NCC3c2cc(F)c(F)c(F)c2)ccc1-n1cnc(C)c1. The Kier molecular flexibility index (Phi) is 5.69. The number of ether oxygens (including phenoxy) is 1. The van der Waals surface area contributed by atoms with E-state index in [4.69, 9.17) is 16.3 Å². The van der Waals surface area contributed by atoms with Gasteiger partial charge in [0.25, 0.3) is 0 Å². The van der Waals surface area contributed by atoms with E-state index in [9.17, 15) is 13.2 Å². The predicted octanol–water partition coefficient (Wildman–Crippen LogP) is 5.62. The standard InChI is InChI=1S/C25H20ClF3N4O/c1-14-11-32(13-31-14)21-4-3-15(6-23(21)34-2)5-17-7-18(26)12-33-22(10-30-25(17)33)16-8-19(27)24(29)20(28)9-16/h3-4,6-9,11-13,22H,5,10H2,1-2H3. The molecule has 174 valence electrons. The first kappa shape index (κ1) is 22.3. The maximum Gasteiger partial charge on any atom is 0.194 e. The first-order valence-corrected chi connectivity index (χ1v) is 10.9. The maximum atomic E-state index is 13.8. The molecule has 0 aliphatic carbocycles. The molecule has 34 heavy (non-hydrogen) atoms. The molecule has 0 N–H and O–H groups in total. The van der Waals surface area contributed by atoms with Gasteiger partial charge >= 0.3 is 0 Å². The number of aliphatic imine (C=N–C) groups is 1. The van der Waals surface area contributed by atoms with Gasteiger partial charge in [-0.25, -0.2) is 18.2 Å². The molecule has 0 fully saturated rings. The van der Waals surface area contributed by atoms with Gasteiger partial charge in [0.05, 0.1) is 42.4 Å². The maximum absolute atomic E-state index is 13.8. The minimum absolute atomic E-state index is 0.264. The summed E-state index contributed by atoms with van der Waals surface area (Å²) in [5, 5.41) is 0.460. The molecule has 0 spiro atoms. The Balaban J connectivity index is 1.42. The molecule has 1 atom stereocenters. The largest absolute Gasteiger partial charge is 0.495 e. The second-order valence-electron chi connectivity index (χ2n) is 8.17. The summed E-state index contributed by atoms with van der Waals surface area (Å²) in [6.07, 6.45) is 7.65. The van der Waals surface area contributed by atoms with Crippen LogP contribution >= 0.6 is 11.6 Å². The minimum atomic E-state index is -1.49. The molecule has 2 aromatic carbocycles. The van der Waals surface area contributed by atoms with Crippen LogP contribution in [0.3, 0.4) is 0 Å². The number of hydrogen-bond donors (Lipinski definition) is 0. The van der Waals surface area contributed by atoms with Crippen molar-refractivity contribution in [3.63, 3.8) is 0 Å². The third kappa shape index (κ3) is 3.98. The van der Waals surface area contributed by atoms with Crippen LogP contribution in [0, 0.1) is 24.4 Å². The summed E-state index contributed by atoms with van der Waals surface area (Å²) < 4.78 is 48.6. The number of hydrogen-bond acceptors (Lipinski definition) is 4. The van der Waals surface area contributed by atoms with Gasteiger partial charge in [-0.3, -0.25) is 4.99 Å². The van der Waals surface area contributed by atoms with Crippen molar-refractivity contribution >= 4 is 17.4 Å². The van der Waals surface area contributed by atoms with Gasteiger partial charge in [0.15, 0.2) is 17.5 Å². The average Bonchev–Trinajstić information content (AvgIpc) is 3.43. The van der Waals surface area contributed by atoms with Crippen molar-refractivity contribution in [3.05, 3.63) is 100 Å². The minimum Gasteiger partial charge on any atom is -0.495 e. The number of allylic oxidation sites excluding steroid dienone is 2. The van der Waals surface area contributed by atoms with Crippen LogP contribution in [0.5, 0.6) is 5.75 Å². The van der Waals surface area contributed by atoms with Crippen LogP contribution in [-0.4, -0.2) is 33.9 Å². The van der Waals surface area contributed by atoms with Gasteiger partial charge in [-0.1, -0.05) is 17.7 Å². The van der Waals surface area contributed by atoms with E-state index in [0.717, 1.165) is 34.7 Å². The number of methoxy groups -OCH3 is 1. The second kappa shape index (κ2) is 8.68. The van der Waals surface area contributed by atoms with Crippen molar-refractivity contribution in [1.29, 1.82) is 0 Å². The Morgan fingerprint density at radius 2 is 1.91 bits per heavy atom. The Labute approximate surface area is 199 Å². The van der Waals surface area contributed by atoms with Gasteiger partial charge in [-0.15, -0.1) is 0 Å². The van der Waals surface area contributed by atoms with Crippen molar-refractivity contribution < 1.29 is 17.9 Å². The third-order valence-corrected chi connectivity index (χ3v) is 6.08. The highest BCUT2D eigenvalue weighted by atomic mass is 35.5. The van der Waals surface area contributed by atoms with Crippen LogP contribution in [0.2, 0.25) is 0 Å². The normalized spacial score (nSPS) is 17.3. The molecule has 0 radical (unpaired) electrons. The highest BCUT2D eigenvalue weighted by Gasteiger charge is 2.33. The highest BCUT2D eigenvalue weighted by Crippen LogP contribution is 2.36. The molecule has 3 heterocycles. The summed E-state index contributed by atoms with van der Waals surface area (Å²) in [5.41, 5.74) is 3.88. The molecule has 2 aliphatic rings. The fraction of sp³-hybridized carbons (Fsp3) is 0.200. The van der Waals surface area contributed by atoms with Crippen molar-refractivity contribution in [3.8, 4) is 11.4 Å². The first-order chi connectivity index (χ1) is 16.3. The molecular weight excluding hydrogens is 465 g/mol. The van der Waals surface area contributed by atoms with E-state index >= 15 is 0 Å². The lowest BCUT2D eigenvalue weighted by Crippen LogP contribution is -2.30. The van der Waals surface area contributed by atoms with Crippen LogP contribution in [0.25, 0.3) is 5.69 Å². The van der Waals surface area contributed by atoms with Crippen LogP contribution < -0.4 is 4.74 Å². The molecule has 2 aliphatic heterocycles. The second-order valence-corrected chi connectivity index (χ2v) is 8.61. The van der Waals surface area contributed by atoms with Gasteiger partial charge in [0.2, 0.25) is 0 Å². The first-order valence-electron chi connectivity index (χ1n) is 10.6. The zero-order chi connectivity index (χ0) is 24.0. The molecular formula is C25H20ClF3N4O. The Bertz CT molecular complexity index is 1360. The Morgan fingerprint density at radius 1 is 1.15 bits per heavy atom. The lowest BCUT2D eigenvalue weighted by molar-refractivity contribution is 0.412. The van der Waals surface area contributed by atoms with Crippen LogP contribution in [-0.2, 0) is 6.42 Å². The van der Waals surface area contributed by atoms with Crippen molar-refractivity contribution in [2.24, 2.45) is 4.99 Å². The molecule has 1 aromatic heterocycles. The molecule has 0 saturated heterocycles. The molecule has 1 unspecified atom stereocenters. The number of nitrogens with zero attached hydrogens (tertiary/aromatic N) is 4. The number of imidazole rings is 1. The zero-order valence-corrected chi connectivity index (χ0v) is 19.2. The predicted molar refractivity (Wildman–Crippen MR) is 124 cm³/mol. The van der Waals surface area contributed by atoms with Crippen LogP contribution in [0.4, 0.5) is 13.2 Å². The summed E-state index contributed by atoms with van der Waals surface area (Å²) in [5.74, 6) is -2.60. The zero-order valence-electron chi connectivity index (χ0n) is 18.4. The fourth-order valence-electron chi connectivity index (χ4n) is 4.29. The van der Waals surface area contributed by atoms with Gasteiger partial charge in [-0.05, 0) is 48.4 Å². The summed E-state index contributed by atoms with van der Waals surface area (Å²) >= 11 is 6.40. The van der Waals surface area contributed by atoms with Crippen molar-refractivity contribution in [2.75, 3.05) is 13.7 Å². The summed E-state index contributed by atoms with van der Waals surface area (Å²) in [7, 11) is 1.61. The number of fused-ring (bicyclic) bond motifs is 1. The van der Waals surface area contributed by atoms with Gasteiger partial charge < -0.3 is 14.2 Å². The Morgan fingerprint density at radius 3 is 2.59 bits per heavy atom. The average molecular weight is 485 g/mol. The smallest absolute Gasteiger partial charge is 0.194 e. The number of halogens is 4. The summed E-state index contributed by atoms with van der Waals surface area (Å²) in [4.78, 5) is 10.7. The van der Waals surface area contributed by atoms with E-state index in [-0.39, 0.29) is 6.54 Å². The topological polar surface area (TPSA) is 42.6 Å². The number of rotatable bonds is 5. The van der Waals surface area contributed by atoms with Crippen LogP contribution in [0.1, 0.15) is 22.9 Å². The molecule has 3 aromatic rings. The number of aromatic nitrogens is 2. The molecule has 5 nitrogen and oxygen atoms in total. The van der Waals surface area contributed by atoms with E-state index in [1.807, 2.05) is 42.0 Å².